The van der Waals surface area contributed by atoms with Gasteiger partial charge in [-0.25, -0.2) is 0 Å². The van der Waals surface area contributed by atoms with Gasteiger partial charge in [0.25, 0.3) is 5.91 Å². The van der Waals surface area contributed by atoms with Crippen LogP contribution in [0.5, 0.6) is 5.75 Å². The van der Waals surface area contributed by atoms with E-state index >= 15 is 0 Å². The molecular weight excluding hydrogens is 338 g/mol. The number of aryl methyl sites for hydroxylation is 1. The van der Waals surface area contributed by atoms with Crippen molar-refractivity contribution < 1.29 is 14.6 Å². The molecular formula is C23H29NO3. The van der Waals surface area contributed by atoms with Crippen LogP contribution in [0.2, 0.25) is 0 Å². The summed E-state index contributed by atoms with van der Waals surface area (Å²) in [6.07, 6.45) is 2.05. The number of hydrogen-bond acceptors (Lipinski definition) is 3. The molecule has 27 heavy (non-hydrogen) atoms. The summed E-state index contributed by atoms with van der Waals surface area (Å²) in [5, 5.41) is 13.6. The van der Waals surface area contributed by atoms with Crippen LogP contribution < -0.4 is 10.1 Å². The molecule has 1 aliphatic carbocycles. The van der Waals surface area contributed by atoms with Crippen LogP contribution in [0.3, 0.4) is 0 Å². The molecule has 2 aromatic carbocycles. The summed E-state index contributed by atoms with van der Waals surface area (Å²) in [6.45, 7) is 6.66. The number of ether oxygens (including phenoxy) is 1. The van der Waals surface area contributed by atoms with Crippen molar-refractivity contribution in [3.8, 4) is 5.75 Å². The Labute approximate surface area is 161 Å². The molecule has 4 nitrogen and oxygen atoms in total. The van der Waals surface area contributed by atoms with Crippen molar-refractivity contribution in [1.82, 2.24) is 5.32 Å². The summed E-state index contributed by atoms with van der Waals surface area (Å²) in [5.41, 5.74) is 2.87. The van der Waals surface area contributed by atoms with Crippen LogP contribution in [0.15, 0.2) is 48.5 Å². The van der Waals surface area contributed by atoms with Gasteiger partial charge >= 0.3 is 0 Å². The summed E-state index contributed by atoms with van der Waals surface area (Å²) in [4.78, 5) is 12.1. The largest absolute Gasteiger partial charge is 0.484 e. The van der Waals surface area contributed by atoms with E-state index in [9.17, 15) is 9.90 Å². The highest BCUT2D eigenvalue weighted by Crippen LogP contribution is 2.28. The maximum Gasteiger partial charge on any atom is 0.258 e. The van der Waals surface area contributed by atoms with Gasteiger partial charge in [0, 0.05) is 13.0 Å². The monoisotopic (exact) mass is 367 g/mol. The number of fused-ring (bicyclic) bond motifs is 1. The second-order valence-corrected chi connectivity index (χ2v) is 8.51. The highest BCUT2D eigenvalue weighted by Gasteiger charge is 2.32. The Hall–Kier alpha value is -2.33. The fraction of sp³-hybridized carbons (Fsp3) is 0.435. The first-order chi connectivity index (χ1) is 12.8. The van der Waals surface area contributed by atoms with Gasteiger partial charge < -0.3 is 15.2 Å². The van der Waals surface area contributed by atoms with Gasteiger partial charge in [0.1, 0.15) is 5.75 Å². The van der Waals surface area contributed by atoms with Crippen LogP contribution in [-0.2, 0) is 23.1 Å². The number of rotatable bonds is 5. The Balaban J connectivity index is 1.47. The summed E-state index contributed by atoms with van der Waals surface area (Å²) in [6, 6.07) is 16.0. The van der Waals surface area contributed by atoms with Gasteiger partial charge in [-0.1, -0.05) is 57.2 Å². The lowest BCUT2D eigenvalue weighted by molar-refractivity contribution is -0.124. The molecule has 0 heterocycles. The summed E-state index contributed by atoms with van der Waals surface area (Å²) >= 11 is 0. The molecule has 0 saturated heterocycles. The highest BCUT2D eigenvalue weighted by molar-refractivity contribution is 5.77. The Morgan fingerprint density at radius 2 is 1.78 bits per heavy atom. The number of carbonyl (C=O) groups is 1. The second-order valence-electron chi connectivity index (χ2n) is 8.51. The molecule has 2 N–H and O–H groups in total. The zero-order chi connectivity index (χ0) is 19.5. The van der Waals surface area contributed by atoms with E-state index < -0.39 is 5.60 Å². The third-order valence-electron chi connectivity index (χ3n) is 5.20. The normalized spacial score (nSPS) is 19.3. The smallest absolute Gasteiger partial charge is 0.258 e. The molecule has 1 atom stereocenters. The summed E-state index contributed by atoms with van der Waals surface area (Å²) in [5.74, 6) is 0.450. The number of benzene rings is 2. The standard InChI is InChI=1S/C23H29NO3/c1-22(2,3)19-8-10-20(11-9-19)27-15-21(25)24-16-23(26)13-12-17-6-4-5-7-18(17)14-23/h4-11,26H,12-16H2,1-3H3,(H,24,25). The lowest BCUT2D eigenvalue weighted by atomic mass is 9.80. The van der Waals surface area contributed by atoms with Gasteiger partial charge in [-0.2, -0.15) is 0 Å². The van der Waals surface area contributed by atoms with Crippen molar-refractivity contribution in [1.29, 1.82) is 0 Å². The molecule has 1 amide bonds. The van der Waals surface area contributed by atoms with Crippen molar-refractivity contribution >= 4 is 5.91 Å². The van der Waals surface area contributed by atoms with Crippen LogP contribution in [0.25, 0.3) is 0 Å². The van der Waals surface area contributed by atoms with Crippen molar-refractivity contribution in [3.63, 3.8) is 0 Å². The average Bonchev–Trinajstić information content (AvgIpc) is 2.64. The molecule has 0 aliphatic heterocycles. The topological polar surface area (TPSA) is 58.6 Å². The fourth-order valence-corrected chi connectivity index (χ4v) is 3.45. The SMILES string of the molecule is CC(C)(C)c1ccc(OCC(=O)NCC2(O)CCc3ccccc3C2)cc1. The molecule has 1 aliphatic rings. The number of amides is 1. The van der Waals surface area contributed by atoms with Crippen molar-refractivity contribution in [2.75, 3.05) is 13.2 Å². The summed E-state index contributed by atoms with van der Waals surface area (Å²) < 4.78 is 5.57. The van der Waals surface area contributed by atoms with E-state index in [1.165, 1.54) is 11.1 Å². The third-order valence-corrected chi connectivity index (χ3v) is 5.20. The molecule has 0 radical (unpaired) electrons. The predicted octanol–water partition coefficient (Wildman–Crippen LogP) is 3.40. The van der Waals surface area contributed by atoms with Crippen LogP contribution in [0.4, 0.5) is 0 Å². The minimum Gasteiger partial charge on any atom is -0.484 e. The fourth-order valence-electron chi connectivity index (χ4n) is 3.45. The number of hydrogen-bond donors (Lipinski definition) is 2. The van der Waals surface area contributed by atoms with E-state index in [2.05, 4.69) is 32.2 Å². The Kier molecular flexibility index (Phi) is 5.56. The first-order valence-electron chi connectivity index (χ1n) is 9.54. The highest BCUT2D eigenvalue weighted by atomic mass is 16.5. The Morgan fingerprint density at radius 1 is 1.11 bits per heavy atom. The van der Waals surface area contributed by atoms with E-state index in [1.807, 2.05) is 42.5 Å². The lowest BCUT2D eigenvalue weighted by Crippen LogP contribution is -2.47. The van der Waals surface area contributed by atoms with Gasteiger partial charge in [0.05, 0.1) is 5.60 Å². The molecule has 0 fully saturated rings. The zero-order valence-corrected chi connectivity index (χ0v) is 16.4. The Bertz CT molecular complexity index is 792. The lowest BCUT2D eigenvalue weighted by Gasteiger charge is -2.33. The van der Waals surface area contributed by atoms with Gasteiger partial charge in [-0.05, 0) is 47.1 Å². The number of carbonyl (C=O) groups excluding carboxylic acids is 1. The van der Waals surface area contributed by atoms with E-state index in [-0.39, 0.29) is 24.5 Å². The quantitative estimate of drug-likeness (QED) is 0.852. The first-order valence-corrected chi connectivity index (χ1v) is 9.54. The van der Waals surface area contributed by atoms with Gasteiger partial charge in [-0.15, -0.1) is 0 Å². The minimum atomic E-state index is -0.891. The van der Waals surface area contributed by atoms with Gasteiger partial charge in [-0.3, -0.25) is 4.79 Å². The first kappa shape index (κ1) is 19.4. The van der Waals surface area contributed by atoms with Crippen LogP contribution in [0, 0.1) is 0 Å². The van der Waals surface area contributed by atoms with E-state index in [0.29, 0.717) is 18.6 Å². The van der Waals surface area contributed by atoms with Crippen molar-refractivity contribution in [2.24, 2.45) is 0 Å². The van der Waals surface area contributed by atoms with Crippen LogP contribution in [0.1, 0.15) is 43.9 Å². The van der Waals surface area contributed by atoms with Crippen LogP contribution in [-0.4, -0.2) is 29.8 Å². The predicted molar refractivity (Wildman–Crippen MR) is 107 cm³/mol. The van der Waals surface area contributed by atoms with E-state index in [4.69, 9.17) is 4.74 Å². The number of aliphatic hydroxyl groups is 1. The molecule has 0 spiro atoms. The molecule has 2 aromatic rings. The molecule has 0 saturated carbocycles. The van der Waals surface area contributed by atoms with Crippen LogP contribution >= 0.6 is 0 Å². The number of nitrogens with one attached hydrogen (secondary N) is 1. The molecule has 144 valence electrons. The minimum absolute atomic E-state index is 0.0540. The van der Waals surface area contributed by atoms with Crippen molar-refractivity contribution in [2.45, 2.75) is 51.0 Å². The van der Waals surface area contributed by atoms with Crippen molar-refractivity contribution in [3.05, 3.63) is 65.2 Å². The second kappa shape index (κ2) is 7.73. The van der Waals surface area contributed by atoms with E-state index in [0.717, 1.165) is 12.0 Å². The molecule has 0 bridgehead atoms. The molecule has 1 unspecified atom stereocenters. The Morgan fingerprint density at radius 3 is 2.44 bits per heavy atom. The summed E-state index contributed by atoms with van der Waals surface area (Å²) in [7, 11) is 0. The molecule has 4 heteroatoms. The molecule has 3 rings (SSSR count). The van der Waals surface area contributed by atoms with E-state index in [1.54, 1.807) is 0 Å². The molecule has 0 aromatic heterocycles. The maximum atomic E-state index is 12.1. The average molecular weight is 367 g/mol. The third kappa shape index (κ3) is 5.10. The van der Waals surface area contributed by atoms with Gasteiger partial charge in [0.15, 0.2) is 6.61 Å². The maximum absolute atomic E-state index is 12.1. The zero-order valence-electron chi connectivity index (χ0n) is 16.4. The van der Waals surface area contributed by atoms with Gasteiger partial charge in [0.2, 0.25) is 0 Å².